The molecule has 1 aromatic rings. The summed E-state index contributed by atoms with van der Waals surface area (Å²) in [6.45, 7) is 0. The van der Waals surface area contributed by atoms with Crippen molar-refractivity contribution in [2.45, 2.75) is 6.04 Å². The van der Waals surface area contributed by atoms with E-state index in [1.54, 1.807) is 24.3 Å². The lowest BCUT2D eigenvalue weighted by atomic mass is 10.2. The quantitative estimate of drug-likeness (QED) is 0.636. The van der Waals surface area contributed by atoms with Crippen molar-refractivity contribution < 1.29 is 14.3 Å². The third-order valence-electron chi connectivity index (χ3n) is 1.88. The van der Waals surface area contributed by atoms with Crippen LogP contribution in [-0.2, 0) is 14.3 Å². The number of rotatable bonds is 4. The standard InChI is InChI=1S/C10H11BrN2O3/c1-16-10(15)8(9(12)14)13-7-4-2-6(11)3-5-7/h2-5,8,13H,1H3,(H2,12,14). The van der Waals surface area contributed by atoms with Crippen LogP contribution in [-0.4, -0.2) is 25.0 Å². The number of ether oxygens (including phenoxy) is 1. The molecule has 1 aromatic carbocycles. The van der Waals surface area contributed by atoms with Crippen LogP contribution in [0.2, 0.25) is 0 Å². The van der Waals surface area contributed by atoms with Crippen molar-refractivity contribution in [1.82, 2.24) is 0 Å². The first-order valence-electron chi connectivity index (χ1n) is 4.44. The Bertz CT molecular complexity index is 392. The molecular formula is C10H11BrN2O3. The fourth-order valence-corrected chi connectivity index (χ4v) is 1.34. The number of esters is 1. The Morgan fingerprint density at radius 1 is 1.38 bits per heavy atom. The van der Waals surface area contributed by atoms with Crippen molar-refractivity contribution in [3.63, 3.8) is 0 Å². The van der Waals surface area contributed by atoms with Gasteiger partial charge >= 0.3 is 5.97 Å². The summed E-state index contributed by atoms with van der Waals surface area (Å²) >= 11 is 3.27. The topological polar surface area (TPSA) is 81.4 Å². The van der Waals surface area contributed by atoms with Crippen molar-refractivity contribution in [3.05, 3.63) is 28.7 Å². The highest BCUT2D eigenvalue weighted by molar-refractivity contribution is 9.10. The first-order chi connectivity index (χ1) is 7.54. The molecule has 0 heterocycles. The van der Waals surface area contributed by atoms with Crippen LogP contribution in [0, 0.1) is 0 Å². The number of anilines is 1. The van der Waals surface area contributed by atoms with Crippen LogP contribution >= 0.6 is 15.9 Å². The molecule has 0 radical (unpaired) electrons. The van der Waals surface area contributed by atoms with Gasteiger partial charge in [-0.1, -0.05) is 15.9 Å². The maximum absolute atomic E-state index is 11.2. The average molecular weight is 287 g/mol. The molecule has 0 saturated heterocycles. The lowest BCUT2D eigenvalue weighted by Crippen LogP contribution is -2.42. The second kappa shape index (κ2) is 5.50. The SMILES string of the molecule is COC(=O)C(Nc1ccc(Br)cc1)C(N)=O. The fraction of sp³-hybridized carbons (Fsp3) is 0.200. The molecule has 1 rings (SSSR count). The van der Waals surface area contributed by atoms with E-state index in [2.05, 4.69) is 26.0 Å². The number of hydrogen-bond acceptors (Lipinski definition) is 4. The highest BCUT2D eigenvalue weighted by atomic mass is 79.9. The summed E-state index contributed by atoms with van der Waals surface area (Å²) in [6.07, 6.45) is 0. The van der Waals surface area contributed by atoms with E-state index in [0.717, 1.165) is 4.47 Å². The highest BCUT2D eigenvalue weighted by Crippen LogP contribution is 2.15. The maximum atomic E-state index is 11.2. The maximum Gasteiger partial charge on any atom is 0.338 e. The second-order valence-corrected chi connectivity index (χ2v) is 3.93. The number of hydrogen-bond donors (Lipinski definition) is 2. The van der Waals surface area contributed by atoms with Crippen LogP contribution < -0.4 is 11.1 Å². The zero-order valence-corrected chi connectivity index (χ0v) is 10.2. The van der Waals surface area contributed by atoms with E-state index in [9.17, 15) is 9.59 Å². The summed E-state index contributed by atoms with van der Waals surface area (Å²) in [4.78, 5) is 22.3. The number of primary amides is 1. The van der Waals surface area contributed by atoms with Crippen LogP contribution in [0.5, 0.6) is 0 Å². The fourth-order valence-electron chi connectivity index (χ4n) is 1.08. The first-order valence-corrected chi connectivity index (χ1v) is 5.23. The van der Waals surface area contributed by atoms with Gasteiger partial charge in [0.2, 0.25) is 6.04 Å². The lowest BCUT2D eigenvalue weighted by Gasteiger charge is -2.14. The number of nitrogens with one attached hydrogen (secondary N) is 1. The Morgan fingerprint density at radius 2 is 1.94 bits per heavy atom. The summed E-state index contributed by atoms with van der Waals surface area (Å²) < 4.78 is 5.35. The number of methoxy groups -OCH3 is 1. The van der Waals surface area contributed by atoms with Crippen LogP contribution in [0.1, 0.15) is 0 Å². The van der Waals surface area contributed by atoms with E-state index in [0.29, 0.717) is 5.69 Å². The zero-order valence-electron chi connectivity index (χ0n) is 8.57. The van der Waals surface area contributed by atoms with Gasteiger partial charge in [0.05, 0.1) is 7.11 Å². The van der Waals surface area contributed by atoms with Crippen molar-refractivity contribution in [2.24, 2.45) is 5.73 Å². The highest BCUT2D eigenvalue weighted by Gasteiger charge is 2.24. The molecule has 0 aliphatic rings. The molecule has 0 aromatic heterocycles. The molecule has 16 heavy (non-hydrogen) atoms. The molecule has 86 valence electrons. The number of benzene rings is 1. The van der Waals surface area contributed by atoms with Crippen molar-refractivity contribution >= 4 is 33.5 Å². The minimum absolute atomic E-state index is 0.609. The van der Waals surface area contributed by atoms with Gasteiger partial charge in [0.25, 0.3) is 5.91 Å². The van der Waals surface area contributed by atoms with Crippen molar-refractivity contribution in [2.75, 3.05) is 12.4 Å². The Balaban J connectivity index is 2.80. The molecule has 0 spiro atoms. The molecular weight excluding hydrogens is 276 g/mol. The number of halogens is 1. The minimum atomic E-state index is -1.17. The van der Waals surface area contributed by atoms with Gasteiger partial charge in [-0.25, -0.2) is 4.79 Å². The number of carbonyl (C=O) groups excluding carboxylic acids is 2. The lowest BCUT2D eigenvalue weighted by molar-refractivity contribution is -0.144. The van der Waals surface area contributed by atoms with Gasteiger partial charge in [-0.3, -0.25) is 4.79 Å². The van der Waals surface area contributed by atoms with E-state index >= 15 is 0 Å². The number of nitrogens with two attached hydrogens (primary N) is 1. The third-order valence-corrected chi connectivity index (χ3v) is 2.41. The van der Waals surface area contributed by atoms with Gasteiger partial charge in [0, 0.05) is 10.2 Å². The third kappa shape index (κ3) is 3.23. The minimum Gasteiger partial charge on any atom is -0.467 e. The molecule has 1 unspecified atom stereocenters. The molecule has 0 fully saturated rings. The van der Waals surface area contributed by atoms with Crippen LogP contribution in [0.15, 0.2) is 28.7 Å². The summed E-state index contributed by atoms with van der Waals surface area (Å²) in [5.41, 5.74) is 5.69. The summed E-state index contributed by atoms with van der Waals surface area (Å²) in [7, 11) is 1.20. The van der Waals surface area contributed by atoms with E-state index < -0.39 is 17.9 Å². The first kappa shape index (κ1) is 12.5. The van der Waals surface area contributed by atoms with Crippen LogP contribution in [0.25, 0.3) is 0 Å². The largest absolute Gasteiger partial charge is 0.467 e. The summed E-state index contributed by atoms with van der Waals surface area (Å²) in [5.74, 6) is -1.50. The molecule has 0 aliphatic carbocycles. The summed E-state index contributed by atoms with van der Waals surface area (Å²) in [6, 6.07) is 5.80. The van der Waals surface area contributed by atoms with E-state index in [-0.39, 0.29) is 0 Å². The van der Waals surface area contributed by atoms with E-state index in [4.69, 9.17) is 5.73 Å². The molecule has 0 saturated carbocycles. The number of amides is 1. The van der Waals surface area contributed by atoms with Gasteiger partial charge in [0.1, 0.15) is 0 Å². The van der Waals surface area contributed by atoms with Gasteiger partial charge in [-0.2, -0.15) is 0 Å². The van der Waals surface area contributed by atoms with Crippen LogP contribution in [0.3, 0.4) is 0 Å². The Labute approximate surface area is 101 Å². The van der Waals surface area contributed by atoms with E-state index in [1.807, 2.05) is 0 Å². The zero-order chi connectivity index (χ0) is 12.1. The average Bonchev–Trinajstić information content (AvgIpc) is 2.27. The smallest absolute Gasteiger partial charge is 0.338 e. The molecule has 3 N–H and O–H groups in total. The second-order valence-electron chi connectivity index (χ2n) is 3.01. The molecule has 6 heteroatoms. The van der Waals surface area contributed by atoms with Crippen LogP contribution in [0.4, 0.5) is 5.69 Å². The molecule has 0 aliphatic heterocycles. The predicted molar refractivity (Wildman–Crippen MR) is 62.8 cm³/mol. The van der Waals surface area contributed by atoms with Crippen molar-refractivity contribution in [3.8, 4) is 0 Å². The molecule has 1 atom stereocenters. The normalized spacial score (nSPS) is 11.6. The Morgan fingerprint density at radius 3 is 2.38 bits per heavy atom. The molecule has 5 nitrogen and oxygen atoms in total. The molecule has 1 amide bonds. The molecule has 0 bridgehead atoms. The van der Waals surface area contributed by atoms with E-state index in [1.165, 1.54) is 7.11 Å². The summed E-state index contributed by atoms with van der Waals surface area (Å²) in [5, 5.41) is 2.69. The monoisotopic (exact) mass is 286 g/mol. The van der Waals surface area contributed by atoms with Gasteiger partial charge < -0.3 is 15.8 Å². The van der Waals surface area contributed by atoms with Crippen molar-refractivity contribution in [1.29, 1.82) is 0 Å². The van der Waals surface area contributed by atoms with Gasteiger partial charge in [-0.15, -0.1) is 0 Å². The van der Waals surface area contributed by atoms with Gasteiger partial charge in [0.15, 0.2) is 0 Å². The number of carbonyl (C=O) groups is 2. The Hall–Kier alpha value is -1.56. The Kier molecular flexibility index (Phi) is 4.30. The van der Waals surface area contributed by atoms with Gasteiger partial charge in [-0.05, 0) is 24.3 Å². The predicted octanol–water partition coefficient (Wildman–Crippen LogP) is 0.888.